The zero-order valence-electron chi connectivity index (χ0n) is 9.09. The second kappa shape index (κ2) is 7.56. The monoisotopic (exact) mass is 247 g/mol. The maximum absolute atomic E-state index is 5.74. The average molecular weight is 248 g/mol. The van der Waals surface area contributed by atoms with Crippen molar-refractivity contribution in [2.24, 2.45) is 11.5 Å². The van der Waals surface area contributed by atoms with E-state index >= 15 is 0 Å². The van der Waals surface area contributed by atoms with Gasteiger partial charge >= 0.3 is 0 Å². The van der Waals surface area contributed by atoms with Gasteiger partial charge in [-0.25, -0.2) is 0 Å². The van der Waals surface area contributed by atoms with Gasteiger partial charge < -0.3 is 17.2 Å². The second-order valence-corrected chi connectivity index (χ2v) is 4.20. The van der Waals surface area contributed by atoms with Gasteiger partial charge in [0.15, 0.2) is 0 Å². The van der Waals surface area contributed by atoms with Gasteiger partial charge in [0.2, 0.25) is 0 Å². The van der Waals surface area contributed by atoms with Gasteiger partial charge in [-0.2, -0.15) is 0 Å². The fourth-order valence-corrected chi connectivity index (χ4v) is 2.04. The molecule has 6 N–H and O–H groups in total. The van der Waals surface area contributed by atoms with Crippen molar-refractivity contribution in [2.75, 3.05) is 12.3 Å². The van der Waals surface area contributed by atoms with E-state index < -0.39 is 0 Å². The van der Waals surface area contributed by atoms with Gasteiger partial charge in [-0.05, 0) is 25.1 Å². The topological polar surface area (TPSA) is 78.1 Å². The molecule has 0 aliphatic carbocycles. The summed E-state index contributed by atoms with van der Waals surface area (Å²) in [5, 5.41) is 0.968. The molecular formula is C10H18ClN3S. The number of anilines is 1. The van der Waals surface area contributed by atoms with Crippen LogP contribution >= 0.6 is 22.9 Å². The average Bonchev–Trinajstić information content (AvgIpc) is 2.50. The van der Waals surface area contributed by atoms with Crippen LogP contribution in [0.5, 0.6) is 0 Å². The van der Waals surface area contributed by atoms with Crippen LogP contribution in [-0.2, 0) is 6.42 Å². The number of thiophene rings is 1. The molecule has 0 saturated heterocycles. The number of nitrogens with two attached hydrogens (primary N) is 3. The van der Waals surface area contributed by atoms with Crippen LogP contribution in [0.15, 0.2) is 11.2 Å². The van der Waals surface area contributed by atoms with Gasteiger partial charge in [0.05, 0.1) is 10.2 Å². The lowest BCUT2D eigenvalue weighted by Crippen LogP contribution is -2.00. The Morgan fingerprint density at radius 2 is 2.13 bits per heavy atom. The highest BCUT2D eigenvalue weighted by Crippen LogP contribution is 2.27. The summed E-state index contributed by atoms with van der Waals surface area (Å²) in [6.07, 6.45) is 2.48. The molecule has 3 nitrogen and oxygen atoms in total. The lowest BCUT2D eigenvalue weighted by molar-refractivity contribution is 0.988. The summed E-state index contributed by atoms with van der Waals surface area (Å²) in [5.41, 5.74) is 17.4. The largest absolute Gasteiger partial charge is 0.390 e. The molecule has 0 amide bonds. The zero-order chi connectivity index (χ0) is 11.8. The van der Waals surface area contributed by atoms with E-state index in [1.54, 1.807) is 6.08 Å². The van der Waals surface area contributed by atoms with Gasteiger partial charge in [0.1, 0.15) is 0 Å². The molecule has 0 aliphatic heterocycles. The van der Waals surface area contributed by atoms with Crippen LogP contribution < -0.4 is 17.2 Å². The molecule has 0 spiro atoms. The second-order valence-electron chi connectivity index (χ2n) is 2.60. The predicted octanol–water partition coefficient (Wildman–Crippen LogP) is 2.35. The maximum atomic E-state index is 5.74. The standard InChI is InChI=1S/C8H12ClN3S.C2H6/c9-7(11)4-5-3-6(1-2-10)13-8(5)12;1-2/h3-4H,1-2,10-12H2;1-2H3/b7-4-;. The van der Waals surface area contributed by atoms with E-state index in [2.05, 4.69) is 0 Å². The summed E-state index contributed by atoms with van der Waals surface area (Å²) in [4.78, 5) is 1.16. The van der Waals surface area contributed by atoms with Crippen LogP contribution in [0.2, 0.25) is 0 Å². The lowest BCUT2D eigenvalue weighted by Gasteiger charge is -1.89. The van der Waals surface area contributed by atoms with Crippen LogP contribution in [0.25, 0.3) is 6.08 Å². The molecule has 0 unspecified atom stereocenters. The maximum Gasteiger partial charge on any atom is 0.0998 e. The quantitative estimate of drug-likeness (QED) is 0.718. The fraction of sp³-hybridized carbons (Fsp3) is 0.400. The minimum atomic E-state index is 0.240. The summed E-state index contributed by atoms with van der Waals surface area (Å²) >= 11 is 7.05. The molecule has 0 radical (unpaired) electrons. The van der Waals surface area contributed by atoms with Crippen molar-refractivity contribution in [3.8, 4) is 0 Å². The first-order valence-corrected chi connectivity index (χ1v) is 6.04. The molecule has 1 rings (SSSR count). The van der Waals surface area contributed by atoms with E-state index in [-0.39, 0.29) is 5.16 Å². The van der Waals surface area contributed by atoms with E-state index in [9.17, 15) is 0 Å². The van der Waals surface area contributed by atoms with Gasteiger partial charge in [0, 0.05) is 10.4 Å². The summed E-state index contributed by atoms with van der Waals surface area (Å²) in [6, 6.07) is 1.96. The Hall–Kier alpha value is -0.710. The Morgan fingerprint density at radius 1 is 1.53 bits per heavy atom. The van der Waals surface area contributed by atoms with Gasteiger partial charge in [0.25, 0.3) is 0 Å². The molecular weight excluding hydrogens is 230 g/mol. The van der Waals surface area contributed by atoms with E-state index in [0.717, 1.165) is 21.9 Å². The van der Waals surface area contributed by atoms with Crippen molar-refractivity contribution < 1.29 is 0 Å². The molecule has 1 heterocycles. The SMILES string of the molecule is CC.NCCc1cc(/C=C(\N)Cl)c(N)s1. The molecule has 0 aromatic carbocycles. The molecule has 0 aliphatic rings. The Labute approximate surface area is 99.9 Å². The summed E-state index contributed by atoms with van der Waals surface area (Å²) in [5.74, 6) is 0. The van der Waals surface area contributed by atoms with Crippen molar-refractivity contribution in [3.05, 3.63) is 21.7 Å². The van der Waals surface area contributed by atoms with Crippen molar-refractivity contribution in [1.29, 1.82) is 0 Å². The number of nitrogen functional groups attached to an aromatic ring is 1. The molecule has 0 atom stereocenters. The highest BCUT2D eigenvalue weighted by atomic mass is 35.5. The molecule has 15 heavy (non-hydrogen) atoms. The third kappa shape index (κ3) is 5.06. The number of hydrogen-bond donors (Lipinski definition) is 3. The highest BCUT2D eigenvalue weighted by Gasteiger charge is 2.03. The summed E-state index contributed by atoms with van der Waals surface area (Å²) in [6.45, 7) is 4.62. The van der Waals surface area contributed by atoms with Crippen molar-refractivity contribution in [3.63, 3.8) is 0 Å². The molecule has 0 saturated carbocycles. The van der Waals surface area contributed by atoms with E-state index in [1.165, 1.54) is 11.3 Å². The van der Waals surface area contributed by atoms with Gasteiger partial charge in [-0.3, -0.25) is 0 Å². The van der Waals surface area contributed by atoms with E-state index in [0.29, 0.717) is 6.54 Å². The van der Waals surface area contributed by atoms with Crippen LogP contribution in [0.4, 0.5) is 5.00 Å². The third-order valence-electron chi connectivity index (χ3n) is 1.53. The van der Waals surface area contributed by atoms with Gasteiger partial charge in [-0.1, -0.05) is 25.4 Å². The van der Waals surface area contributed by atoms with E-state index in [1.807, 2.05) is 19.9 Å². The van der Waals surface area contributed by atoms with Crippen LogP contribution in [-0.4, -0.2) is 6.54 Å². The number of halogens is 1. The van der Waals surface area contributed by atoms with Gasteiger partial charge in [-0.15, -0.1) is 11.3 Å². The Bertz CT molecular complexity index is 316. The minimum Gasteiger partial charge on any atom is -0.390 e. The molecule has 0 bridgehead atoms. The Kier molecular flexibility index (Phi) is 7.21. The zero-order valence-corrected chi connectivity index (χ0v) is 10.7. The smallest absolute Gasteiger partial charge is 0.0998 e. The summed E-state index contributed by atoms with van der Waals surface area (Å²) in [7, 11) is 0. The molecule has 86 valence electrons. The first-order chi connectivity index (χ1) is 7.13. The van der Waals surface area contributed by atoms with Crippen molar-refractivity contribution in [1.82, 2.24) is 0 Å². The first-order valence-electron chi connectivity index (χ1n) is 4.84. The molecule has 1 aromatic heterocycles. The van der Waals surface area contributed by atoms with E-state index in [4.69, 9.17) is 28.8 Å². The molecule has 5 heteroatoms. The first kappa shape index (κ1) is 14.3. The van der Waals surface area contributed by atoms with Crippen molar-refractivity contribution in [2.45, 2.75) is 20.3 Å². The fourth-order valence-electron chi connectivity index (χ4n) is 1.00. The number of rotatable bonds is 3. The summed E-state index contributed by atoms with van der Waals surface area (Å²) < 4.78 is 0. The molecule has 1 aromatic rings. The number of hydrogen-bond acceptors (Lipinski definition) is 4. The highest BCUT2D eigenvalue weighted by molar-refractivity contribution is 7.16. The predicted molar refractivity (Wildman–Crippen MR) is 70.9 cm³/mol. The third-order valence-corrected chi connectivity index (χ3v) is 2.68. The normalized spacial score (nSPS) is 10.8. The Balaban J connectivity index is 0.000000921. The Morgan fingerprint density at radius 3 is 2.60 bits per heavy atom. The lowest BCUT2D eigenvalue weighted by atomic mass is 10.2. The van der Waals surface area contributed by atoms with Crippen LogP contribution in [0, 0.1) is 0 Å². The van der Waals surface area contributed by atoms with Crippen LogP contribution in [0.3, 0.4) is 0 Å². The minimum absolute atomic E-state index is 0.240. The van der Waals surface area contributed by atoms with Crippen molar-refractivity contribution >= 4 is 34.0 Å². The van der Waals surface area contributed by atoms with Crippen LogP contribution in [0.1, 0.15) is 24.3 Å². The molecule has 0 fully saturated rings.